The fourth-order valence-corrected chi connectivity index (χ4v) is 0.947. The number of H-pyrrole nitrogens is 1. The topological polar surface area (TPSA) is 163 Å². The van der Waals surface area contributed by atoms with E-state index in [4.69, 9.17) is 0 Å². The van der Waals surface area contributed by atoms with Crippen molar-refractivity contribution >= 4 is 17.9 Å². The van der Waals surface area contributed by atoms with E-state index in [2.05, 4.69) is 26.0 Å². The van der Waals surface area contributed by atoms with Crippen LogP contribution in [-0.4, -0.2) is 27.1 Å². The molecule has 3 N–H and O–H groups in total. The summed E-state index contributed by atoms with van der Waals surface area (Å²) in [6, 6.07) is 0. The molecule has 19 heavy (non-hydrogen) atoms. The second-order valence-corrected chi connectivity index (χ2v) is 3.32. The molecular weight excluding hydrogens is 258 g/mol. The van der Waals surface area contributed by atoms with Crippen molar-refractivity contribution in [1.29, 1.82) is 0 Å². The number of aryl methyl sites for hydroxylation is 1. The number of aromatic nitrogens is 3. The Morgan fingerprint density at radius 3 is 2.58 bits per heavy atom. The third-order valence-electron chi connectivity index (χ3n) is 1.87. The summed E-state index contributed by atoms with van der Waals surface area (Å²) in [4.78, 5) is 34.3. The van der Waals surface area contributed by atoms with Gasteiger partial charge in [-0.1, -0.05) is 6.08 Å². The Morgan fingerprint density at radius 1 is 1.37 bits per heavy atom. The number of aromatic amines is 1. The number of hydrogen-bond donors (Lipinski definition) is 3. The molecular formula is C9H9N5O5-2. The van der Waals surface area contributed by atoms with Crippen LogP contribution < -0.4 is 26.6 Å². The summed E-state index contributed by atoms with van der Waals surface area (Å²) >= 11 is 0. The van der Waals surface area contributed by atoms with E-state index in [9.17, 15) is 24.6 Å². The average Bonchev–Trinajstić information content (AvgIpc) is 2.32. The van der Waals surface area contributed by atoms with E-state index < -0.39 is 29.6 Å². The van der Waals surface area contributed by atoms with Gasteiger partial charge < -0.3 is 19.8 Å². The second kappa shape index (κ2) is 6.14. The van der Waals surface area contributed by atoms with Gasteiger partial charge in [-0.05, 0) is 6.92 Å². The van der Waals surface area contributed by atoms with E-state index in [-0.39, 0.29) is 11.6 Å². The second-order valence-electron chi connectivity index (χ2n) is 3.32. The Morgan fingerprint density at radius 2 is 2.05 bits per heavy atom. The number of nitrogens with one attached hydrogen (secondary N) is 3. The molecule has 1 rings (SSSR count). The van der Waals surface area contributed by atoms with Crippen LogP contribution in [0.5, 0.6) is 0 Å². The van der Waals surface area contributed by atoms with Crippen LogP contribution in [0.3, 0.4) is 0 Å². The van der Waals surface area contributed by atoms with E-state index in [1.165, 1.54) is 6.92 Å². The monoisotopic (exact) mass is 267 g/mol. The normalized spacial score (nSPS) is 10.9. The van der Waals surface area contributed by atoms with Gasteiger partial charge in [0.25, 0.3) is 5.56 Å². The Labute approximate surface area is 106 Å². The maximum atomic E-state index is 11.2. The number of rotatable bonds is 6. The minimum Gasteiger partial charge on any atom is -0.550 e. The predicted molar refractivity (Wildman–Crippen MR) is 56.9 cm³/mol. The average molecular weight is 267 g/mol. The maximum absolute atomic E-state index is 11.2. The summed E-state index contributed by atoms with van der Waals surface area (Å²) in [6.45, 7) is 1.44. The van der Waals surface area contributed by atoms with E-state index in [1.54, 1.807) is 0 Å². The summed E-state index contributed by atoms with van der Waals surface area (Å²) in [5, 5.41) is 27.9. The molecule has 0 atom stereocenters. The number of carboxylic acids is 2. The van der Waals surface area contributed by atoms with Gasteiger partial charge in [-0.2, -0.15) is 0 Å². The van der Waals surface area contributed by atoms with Gasteiger partial charge in [0.15, 0.2) is 0 Å². The molecule has 0 spiro atoms. The largest absolute Gasteiger partial charge is 0.550 e. The first kappa shape index (κ1) is 14.2. The van der Waals surface area contributed by atoms with Crippen LogP contribution in [0.2, 0.25) is 0 Å². The van der Waals surface area contributed by atoms with Gasteiger partial charge in [0.05, 0.1) is 11.7 Å². The maximum Gasteiger partial charge on any atom is 0.274 e. The number of hydrazine groups is 1. The van der Waals surface area contributed by atoms with Gasteiger partial charge in [0, 0.05) is 12.4 Å². The smallest absolute Gasteiger partial charge is 0.274 e. The third kappa shape index (κ3) is 4.46. The quantitative estimate of drug-likeness (QED) is 0.346. The highest BCUT2D eigenvalue weighted by Gasteiger charge is 2.01. The molecule has 0 aromatic carbocycles. The van der Waals surface area contributed by atoms with Crippen molar-refractivity contribution in [1.82, 2.24) is 20.6 Å². The van der Waals surface area contributed by atoms with Gasteiger partial charge in [-0.25, -0.2) is 0 Å². The number of anilines is 1. The van der Waals surface area contributed by atoms with Crippen LogP contribution in [0.4, 0.5) is 5.95 Å². The molecule has 0 saturated carbocycles. The molecule has 0 fully saturated rings. The Bertz CT molecular complexity index is 579. The first-order chi connectivity index (χ1) is 8.90. The van der Waals surface area contributed by atoms with Crippen molar-refractivity contribution in [2.75, 3.05) is 5.43 Å². The van der Waals surface area contributed by atoms with Crippen molar-refractivity contribution in [2.45, 2.75) is 13.3 Å². The SMILES string of the molecule is Cc1nnc(NN/C(=C\CC(=O)[O-])C(=O)[O-])[nH]c1=O. The van der Waals surface area contributed by atoms with Crippen molar-refractivity contribution in [2.24, 2.45) is 0 Å². The predicted octanol–water partition coefficient (Wildman–Crippen LogP) is -3.84. The molecule has 102 valence electrons. The standard InChI is InChI=1S/C9H11N5O5/c1-4-7(17)10-9(13-11-4)14-12-5(8(18)19)2-3-6(15)16/h2,12H,3H2,1H3,(H,15,16)(H,18,19)(H2,10,13,14,17)/p-2/b5-2-. The first-order valence-corrected chi connectivity index (χ1v) is 4.97. The highest BCUT2D eigenvalue weighted by atomic mass is 16.4. The summed E-state index contributed by atoms with van der Waals surface area (Å²) in [6.07, 6.45) is 0.214. The molecule has 1 heterocycles. The van der Waals surface area contributed by atoms with Crippen LogP contribution in [0.25, 0.3) is 0 Å². The minimum absolute atomic E-state index is 0.137. The lowest BCUT2D eigenvalue weighted by Gasteiger charge is -2.13. The molecule has 0 radical (unpaired) electrons. The van der Waals surface area contributed by atoms with Crippen molar-refractivity contribution in [3.63, 3.8) is 0 Å². The van der Waals surface area contributed by atoms with E-state index in [0.29, 0.717) is 0 Å². The van der Waals surface area contributed by atoms with Gasteiger partial charge >= 0.3 is 0 Å². The summed E-state index contributed by atoms with van der Waals surface area (Å²) in [7, 11) is 0. The molecule has 1 aromatic rings. The molecule has 0 saturated heterocycles. The van der Waals surface area contributed by atoms with Gasteiger partial charge in [-0.15, -0.1) is 10.2 Å². The molecule has 10 nitrogen and oxygen atoms in total. The third-order valence-corrected chi connectivity index (χ3v) is 1.87. The van der Waals surface area contributed by atoms with Gasteiger partial charge in [0.1, 0.15) is 5.69 Å². The summed E-state index contributed by atoms with van der Waals surface area (Å²) in [5.74, 6) is -3.24. The van der Waals surface area contributed by atoms with Crippen molar-refractivity contribution in [3.05, 3.63) is 27.8 Å². The molecule has 0 amide bonds. The lowest BCUT2D eigenvalue weighted by atomic mass is 10.3. The zero-order chi connectivity index (χ0) is 14.4. The Balaban J connectivity index is 2.73. The van der Waals surface area contributed by atoms with Crippen LogP contribution in [-0.2, 0) is 9.59 Å². The van der Waals surface area contributed by atoms with Crippen LogP contribution in [0, 0.1) is 6.92 Å². The number of aliphatic carboxylic acids is 2. The molecule has 0 aliphatic carbocycles. The van der Waals surface area contributed by atoms with Crippen LogP contribution in [0.1, 0.15) is 12.1 Å². The first-order valence-electron chi connectivity index (χ1n) is 4.97. The van der Waals surface area contributed by atoms with Crippen molar-refractivity contribution in [3.8, 4) is 0 Å². The highest BCUT2D eigenvalue weighted by molar-refractivity contribution is 5.85. The lowest BCUT2D eigenvalue weighted by Crippen LogP contribution is -2.36. The van der Waals surface area contributed by atoms with Crippen LogP contribution >= 0.6 is 0 Å². The fourth-order valence-electron chi connectivity index (χ4n) is 0.947. The fraction of sp³-hybridized carbons (Fsp3) is 0.222. The summed E-state index contributed by atoms with van der Waals surface area (Å²) < 4.78 is 0. The highest BCUT2D eigenvalue weighted by Crippen LogP contribution is 1.93. The van der Waals surface area contributed by atoms with Gasteiger partial charge in [-0.3, -0.25) is 20.6 Å². The number of carboxylic acid groups (broad SMARTS) is 2. The Kier molecular flexibility index (Phi) is 4.57. The van der Waals surface area contributed by atoms with E-state index in [0.717, 1.165) is 6.08 Å². The zero-order valence-corrected chi connectivity index (χ0v) is 9.72. The molecule has 0 aliphatic rings. The molecule has 10 heteroatoms. The minimum atomic E-state index is -1.64. The molecule has 0 bridgehead atoms. The molecule has 1 aromatic heterocycles. The summed E-state index contributed by atoms with van der Waals surface area (Å²) in [5.41, 5.74) is 3.44. The lowest BCUT2D eigenvalue weighted by molar-refractivity contribution is -0.304. The van der Waals surface area contributed by atoms with Gasteiger partial charge in [0.2, 0.25) is 5.95 Å². The van der Waals surface area contributed by atoms with Crippen LogP contribution in [0.15, 0.2) is 16.6 Å². The molecule has 0 aliphatic heterocycles. The molecule has 0 unspecified atom stereocenters. The number of carbonyl (C=O) groups is 2. The number of carbonyl (C=O) groups excluding carboxylic acids is 2. The van der Waals surface area contributed by atoms with Crippen molar-refractivity contribution < 1.29 is 19.8 Å². The number of hydrogen-bond acceptors (Lipinski definition) is 9. The van der Waals surface area contributed by atoms with E-state index >= 15 is 0 Å². The van der Waals surface area contributed by atoms with E-state index in [1.807, 2.05) is 0 Å². The zero-order valence-electron chi connectivity index (χ0n) is 9.72. The Hall–Kier alpha value is -2.91. The number of nitrogens with zero attached hydrogens (tertiary/aromatic N) is 2.